The van der Waals surface area contributed by atoms with E-state index in [0.29, 0.717) is 17.1 Å². The average molecular weight is 420 g/mol. The van der Waals surface area contributed by atoms with Gasteiger partial charge in [-0.25, -0.2) is 4.98 Å². The van der Waals surface area contributed by atoms with Crippen molar-refractivity contribution in [2.45, 2.75) is 45.7 Å². The van der Waals surface area contributed by atoms with Gasteiger partial charge in [-0.2, -0.15) is 0 Å². The first-order chi connectivity index (χ1) is 15.0. The van der Waals surface area contributed by atoms with Crippen molar-refractivity contribution < 1.29 is 9.90 Å². The fourth-order valence-electron chi connectivity index (χ4n) is 3.62. The van der Waals surface area contributed by atoms with Gasteiger partial charge in [-0.3, -0.25) is 14.2 Å². The van der Waals surface area contributed by atoms with Gasteiger partial charge in [-0.1, -0.05) is 60.7 Å². The summed E-state index contributed by atoms with van der Waals surface area (Å²) in [6.45, 7) is 3.46. The minimum atomic E-state index is -0.285. The topological polar surface area (TPSA) is 84.2 Å². The Morgan fingerprint density at radius 2 is 1.71 bits per heavy atom. The number of rotatable bonds is 9. The number of amides is 1. The lowest BCUT2D eigenvalue weighted by molar-refractivity contribution is -0.122. The van der Waals surface area contributed by atoms with Gasteiger partial charge in [0.15, 0.2) is 0 Å². The Kier molecular flexibility index (Phi) is 7.73. The summed E-state index contributed by atoms with van der Waals surface area (Å²) in [4.78, 5) is 30.5. The number of benzene rings is 2. The molecule has 1 amide bonds. The van der Waals surface area contributed by atoms with Crippen LogP contribution in [0.3, 0.4) is 0 Å². The van der Waals surface area contributed by atoms with Gasteiger partial charge < -0.3 is 10.4 Å². The number of aliphatic hydroxyl groups excluding tert-OH is 1. The smallest absolute Gasteiger partial charge is 0.257 e. The summed E-state index contributed by atoms with van der Waals surface area (Å²) in [7, 11) is 0. The predicted molar refractivity (Wildman–Crippen MR) is 122 cm³/mol. The van der Waals surface area contributed by atoms with E-state index >= 15 is 0 Å². The highest BCUT2D eigenvalue weighted by Gasteiger charge is 2.18. The van der Waals surface area contributed by atoms with Crippen LogP contribution in [0.15, 0.2) is 65.5 Å². The van der Waals surface area contributed by atoms with Crippen LogP contribution in [0.5, 0.6) is 0 Å². The lowest BCUT2D eigenvalue weighted by atomic mass is 10.1. The molecule has 0 unspecified atom stereocenters. The molecule has 0 spiro atoms. The van der Waals surface area contributed by atoms with Crippen molar-refractivity contribution >= 4 is 5.91 Å². The van der Waals surface area contributed by atoms with Crippen LogP contribution in [0.2, 0.25) is 0 Å². The maximum Gasteiger partial charge on any atom is 0.257 e. The summed E-state index contributed by atoms with van der Waals surface area (Å²) >= 11 is 0. The summed E-state index contributed by atoms with van der Waals surface area (Å²) in [5.74, 6) is 0.220. The minimum Gasteiger partial charge on any atom is -0.396 e. The van der Waals surface area contributed by atoms with Gasteiger partial charge in [0, 0.05) is 35.9 Å². The number of nitrogens with one attached hydrogen (secondary N) is 1. The zero-order valence-corrected chi connectivity index (χ0v) is 18.0. The van der Waals surface area contributed by atoms with Crippen molar-refractivity contribution in [1.82, 2.24) is 14.9 Å². The van der Waals surface area contributed by atoms with Crippen molar-refractivity contribution in [3.05, 3.63) is 87.8 Å². The third-order valence-electron chi connectivity index (χ3n) is 5.28. The molecule has 0 aliphatic rings. The number of carbonyl (C=O) groups excluding carboxylic acids is 1. The minimum absolute atomic E-state index is 0.0288. The normalized spacial score (nSPS) is 11.8. The summed E-state index contributed by atoms with van der Waals surface area (Å²) in [6.07, 6.45) is 1.88. The first-order valence-corrected chi connectivity index (χ1v) is 10.6. The number of hydrogen-bond donors (Lipinski definition) is 2. The third kappa shape index (κ3) is 5.89. The highest BCUT2D eigenvalue weighted by Crippen LogP contribution is 2.17. The maximum atomic E-state index is 13.1. The molecule has 3 rings (SSSR count). The average Bonchev–Trinajstić information content (AvgIpc) is 2.78. The molecular weight excluding hydrogens is 390 g/mol. The van der Waals surface area contributed by atoms with Gasteiger partial charge in [0.25, 0.3) is 5.56 Å². The van der Waals surface area contributed by atoms with Crippen LogP contribution in [0, 0.1) is 6.92 Å². The molecular formula is C25H29N3O3. The van der Waals surface area contributed by atoms with Gasteiger partial charge in [-0.15, -0.1) is 0 Å². The summed E-state index contributed by atoms with van der Waals surface area (Å²) in [6, 6.07) is 19.5. The van der Waals surface area contributed by atoms with Crippen LogP contribution < -0.4 is 10.9 Å². The molecule has 3 aromatic rings. The molecule has 0 aliphatic carbocycles. The van der Waals surface area contributed by atoms with Crippen molar-refractivity contribution in [2.75, 3.05) is 6.61 Å². The molecule has 162 valence electrons. The molecule has 0 saturated carbocycles. The first kappa shape index (κ1) is 22.4. The number of carbonyl (C=O) groups is 1. The van der Waals surface area contributed by atoms with Crippen molar-refractivity contribution in [3.8, 4) is 11.4 Å². The van der Waals surface area contributed by atoms with Crippen LogP contribution in [0.1, 0.15) is 30.2 Å². The van der Waals surface area contributed by atoms with Crippen LogP contribution in [-0.4, -0.2) is 33.2 Å². The lowest BCUT2D eigenvalue weighted by Crippen LogP contribution is -2.39. The predicted octanol–water partition coefficient (Wildman–Crippen LogP) is 2.89. The van der Waals surface area contributed by atoms with E-state index in [0.717, 1.165) is 18.4 Å². The number of nitrogens with zero attached hydrogens (tertiary/aromatic N) is 2. The van der Waals surface area contributed by atoms with Crippen molar-refractivity contribution in [3.63, 3.8) is 0 Å². The Bertz CT molecular complexity index is 1060. The van der Waals surface area contributed by atoms with E-state index in [2.05, 4.69) is 22.4 Å². The second kappa shape index (κ2) is 10.7. The van der Waals surface area contributed by atoms with Gasteiger partial charge in [0.2, 0.25) is 5.91 Å². The number of aliphatic hydroxyl groups is 1. The van der Waals surface area contributed by atoms with Crippen LogP contribution in [-0.2, 0) is 24.2 Å². The van der Waals surface area contributed by atoms with Gasteiger partial charge >= 0.3 is 0 Å². The van der Waals surface area contributed by atoms with Gasteiger partial charge in [0.1, 0.15) is 12.4 Å². The van der Waals surface area contributed by atoms with Crippen LogP contribution in [0.4, 0.5) is 0 Å². The van der Waals surface area contributed by atoms with Crippen molar-refractivity contribution in [2.24, 2.45) is 0 Å². The Labute approximate surface area is 182 Å². The van der Waals surface area contributed by atoms with Crippen LogP contribution >= 0.6 is 0 Å². The molecule has 0 aliphatic heterocycles. The third-order valence-corrected chi connectivity index (χ3v) is 5.28. The van der Waals surface area contributed by atoms with Gasteiger partial charge in [-0.05, 0) is 32.3 Å². The molecule has 0 bridgehead atoms. The van der Waals surface area contributed by atoms with Crippen LogP contribution in [0.25, 0.3) is 11.4 Å². The number of hydrogen-bond acceptors (Lipinski definition) is 4. The Hall–Kier alpha value is -3.25. The summed E-state index contributed by atoms with van der Waals surface area (Å²) in [5.41, 5.74) is 2.72. The second-order valence-electron chi connectivity index (χ2n) is 7.72. The summed E-state index contributed by atoms with van der Waals surface area (Å²) in [5, 5.41) is 12.3. The Balaban J connectivity index is 1.79. The zero-order valence-electron chi connectivity index (χ0n) is 18.0. The Morgan fingerprint density at radius 1 is 1.06 bits per heavy atom. The first-order valence-electron chi connectivity index (χ1n) is 10.6. The molecule has 6 heteroatoms. The SMILES string of the molecule is Cc1nc(-c2ccccc2)n(CC(=O)N[C@@H](C)CCc2ccccc2)c(=O)c1CCO. The molecule has 1 atom stereocenters. The van der Waals surface area contributed by atoms with Gasteiger partial charge in [0.05, 0.1) is 0 Å². The van der Waals surface area contributed by atoms with E-state index in [1.807, 2.05) is 55.5 Å². The van der Waals surface area contributed by atoms with E-state index in [4.69, 9.17) is 0 Å². The van der Waals surface area contributed by atoms with E-state index in [-0.39, 0.29) is 37.1 Å². The van der Waals surface area contributed by atoms with E-state index in [1.165, 1.54) is 10.1 Å². The number of aromatic nitrogens is 2. The molecule has 0 fully saturated rings. The lowest BCUT2D eigenvalue weighted by Gasteiger charge is -2.18. The van der Waals surface area contributed by atoms with E-state index in [1.54, 1.807) is 6.92 Å². The molecule has 6 nitrogen and oxygen atoms in total. The molecule has 0 radical (unpaired) electrons. The fraction of sp³-hybridized carbons (Fsp3) is 0.320. The van der Waals surface area contributed by atoms with E-state index < -0.39 is 0 Å². The largest absolute Gasteiger partial charge is 0.396 e. The highest BCUT2D eigenvalue weighted by molar-refractivity contribution is 5.76. The standard InChI is InChI=1S/C25H29N3O3/c1-18(13-14-20-9-5-3-6-10-20)26-23(30)17-28-24(21-11-7-4-8-12-21)27-19(2)22(15-16-29)25(28)31/h3-12,18,29H,13-17H2,1-2H3,(H,26,30)/t18-/m0/s1. The quantitative estimate of drug-likeness (QED) is 0.559. The maximum absolute atomic E-state index is 13.1. The zero-order chi connectivity index (χ0) is 22.2. The number of aryl methyl sites for hydroxylation is 2. The molecule has 31 heavy (non-hydrogen) atoms. The second-order valence-corrected chi connectivity index (χ2v) is 7.72. The highest BCUT2D eigenvalue weighted by atomic mass is 16.3. The fourth-order valence-corrected chi connectivity index (χ4v) is 3.62. The van der Waals surface area contributed by atoms with E-state index in [9.17, 15) is 14.7 Å². The molecule has 1 aromatic heterocycles. The molecule has 2 N–H and O–H groups in total. The Morgan fingerprint density at radius 3 is 2.35 bits per heavy atom. The molecule has 0 saturated heterocycles. The molecule has 1 heterocycles. The molecule has 2 aromatic carbocycles. The van der Waals surface area contributed by atoms with Crippen molar-refractivity contribution in [1.29, 1.82) is 0 Å². The summed E-state index contributed by atoms with van der Waals surface area (Å²) < 4.78 is 1.41. The monoisotopic (exact) mass is 419 g/mol.